The van der Waals surface area contributed by atoms with Gasteiger partial charge in [-0.2, -0.15) is 0 Å². The second kappa shape index (κ2) is 5.67. The fourth-order valence-corrected chi connectivity index (χ4v) is 2.18. The Hall–Kier alpha value is -1.13. The van der Waals surface area contributed by atoms with Crippen LogP contribution in [-0.2, 0) is 0 Å². The van der Waals surface area contributed by atoms with Gasteiger partial charge in [-0.05, 0) is 18.6 Å². The molecule has 1 aromatic rings. The second-order valence-electron chi connectivity index (χ2n) is 4.41. The molecule has 1 heterocycles. The molecule has 1 aliphatic rings. The highest BCUT2D eigenvalue weighted by molar-refractivity contribution is 6.31. The number of carbonyl (C=O) groups excluding carboxylic acids is 1. The fourth-order valence-electron chi connectivity index (χ4n) is 2.01. The van der Waals surface area contributed by atoms with Crippen molar-refractivity contribution < 1.29 is 9.18 Å². The number of halogens is 2. The van der Waals surface area contributed by atoms with Crippen molar-refractivity contribution in [2.75, 3.05) is 19.6 Å². The summed E-state index contributed by atoms with van der Waals surface area (Å²) < 4.78 is 13.8. The number of hydrogen-bond acceptors (Lipinski definition) is 2. The first-order valence-corrected chi connectivity index (χ1v) is 6.48. The molecule has 1 saturated heterocycles. The van der Waals surface area contributed by atoms with Gasteiger partial charge in [0.2, 0.25) is 0 Å². The molecule has 0 unspecified atom stereocenters. The first-order chi connectivity index (χ1) is 8.65. The lowest BCUT2D eigenvalue weighted by molar-refractivity contribution is 0.0611. The molecule has 2 rings (SSSR count). The van der Waals surface area contributed by atoms with Crippen molar-refractivity contribution in [2.45, 2.75) is 19.4 Å². The Morgan fingerprint density at radius 1 is 1.56 bits per heavy atom. The number of hydrogen-bond donors (Lipinski definition) is 1. The molecule has 1 fully saturated rings. The number of nitrogens with one attached hydrogen (secondary N) is 1. The number of rotatable bonds is 4. The monoisotopic (exact) mass is 270 g/mol. The molecule has 0 atom stereocenters. The maximum absolute atomic E-state index is 13.8. The molecule has 3 nitrogen and oxygen atoms in total. The SMILES string of the molecule is CCCN(C(=O)c1cccc(Cl)c1F)C1CNC1. The number of benzene rings is 1. The minimum absolute atomic E-state index is 0.0102. The van der Waals surface area contributed by atoms with Crippen LogP contribution in [-0.4, -0.2) is 36.5 Å². The smallest absolute Gasteiger partial charge is 0.257 e. The molecule has 0 bridgehead atoms. The van der Waals surface area contributed by atoms with Crippen LogP contribution in [0.1, 0.15) is 23.7 Å². The summed E-state index contributed by atoms with van der Waals surface area (Å²) in [6.45, 7) is 4.18. The summed E-state index contributed by atoms with van der Waals surface area (Å²) in [5, 5.41) is 3.11. The number of carbonyl (C=O) groups is 1. The molecule has 1 N–H and O–H groups in total. The zero-order valence-electron chi connectivity index (χ0n) is 10.2. The third-order valence-electron chi connectivity index (χ3n) is 3.11. The van der Waals surface area contributed by atoms with E-state index in [0.717, 1.165) is 19.5 Å². The van der Waals surface area contributed by atoms with Crippen molar-refractivity contribution in [3.8, 4) is 0 Å². The molecule has 5 heteroatoms. The van der Waals surface area contributed by atoms with Crippen molar-refractivity contribution in [1.82, 2.24) is 10.2 Å². The molecule has 0 radical (unpaired) electrons. The molecule has 98 valence electrons. The van der Waals surface area contributed by atoms with E-state index in [-0.39, 0.29) is 22.5 Å². The lowest BCUT2D eigenvalue weighted by atomic mass is 10.1. The predicted octanol–water partition coefficient (Wildman–Crippen LogP) is 2.30. The van der Waals surface area contributed by atoms with Crippen molar-refractivity contribution in [3.63, 3.8) is 0 Å². The van der Waals surface area contributed by atoms with E-state index in [1.807, 2.05) is 6.92 Å². The molecule has 18 heavy (non-hydrogen) atoms. The fraction of sp³-hybridized carbons (Fsp3) is 0.462. The summed E-state index contributed by atoms with van der Waals surface area (Å²) in [7, 11) is 0. The summed E-state index contributed by atoms with van der Waals surface area (Å²) in [6, 6.07) is 4.69. The van der Waals surface area contributed by atoms with Gasteiger partial charge in [0.05, 0.1) is 16.6 Å². The Morgan fingerprint density at radius 3 is 2.83 bits per heavy atom. The van der Waals surface area contributed by atoms with Crippen LogP contribution in [0.5, 0.6) is 0 Å². The standard InChI is InChI=1S/C13H16ClFN2O/c1-2-6-17(9-7-16-8-9)13(18)10-4-3-5-11(14)12(10)15/h3-5,9,16H,2,6-8H2,1H3. The first kappa shape index (κ1) is 13.3. The molecular weight excluding hydrogens is 255 g/mol. The normalized spacial score (nSPS) is 15.3. The van der Waals surface area contributed by atoms with Gasteiger partial charge in [0.1, 0.15) is 0 Å². The Labute approximate surface area is 111 Å². The van der Waals surface area contributed by atoms with Crippen molar-refractivity contribution in [1.29, 1.82) is 0 Å². The van der Waals surface area contributed by atoms with Crippen LogP contribution in [0.25, 0.3) is 0 Å². The minimum Gasteiger partial charge on any atom is -0.333 e. The second-order valence-corrected chi connectivity index (χ2v) is 4.82. The highest BCUT2D eigenvalue weighted by atomic mass is 35.5. The van der Waals surface area contributed by atoms with E-state index in [0.29, 0.717) is 6.54 Å². The molecule has 0 saturated carbocycles. The van der Waals surface area contributed by atoms with Crippen LogP contribution in [0, 0.1) is 5.82 Å². The van der Waals surface area contributed by atoms with Gasteiger partial charge >= 0.3 is 0 Å². The van der Waals surface area contributed by atoms with Crippen LogP contribution in [0.3, 0.4) is 0 Å². The summed E-state index contributed by atoms with van der Waals surface area (Å²) in [5.74, 6) is -0.902. The van der Waals surface area contributed by atoms with Crippen molar-refractivity contribution in [3.05, 3.63) is 34.6 Å². The zero-order chi connectivity index (χ0) is 13.1. The average molecular weight is 271 g/mol. The lowest BCUT2D eigenvalue weighted by Crippen LogP contribution is -2.59. The van der Waals surface area contributed by atoms with E-state index >= 15 is 0 Å². The van der Waals surface area contributed by atoms with E-state index in [1.165, 1.54) is 12.1 Å². The summed E-state index contributed by atoms with van der Waals surface area (Å²) in [4.78, 5) is 14.1. The van der Waals surface area contributed by atoms with Gasteiger partial charge in [-0.1, -0.05) is 24.6 Å². The largest absolute Gasteiger partial charge is 0.333 e. The van der Waals surface area contributed by atoms with Crippen molar-refractivity contribution >= 4 is 17.5 Å². The number of amides is 1. The quantitative estimate of drug-likeness (QED) is 0.911. The van der Waals surface area contributed by atoms with Gasteiger partial charge in [0.15, 0.2) is 5.82 Å². The highest BCUT2D eigenvalue weighted by Gasteiger charge is 2.30. The van der Waals surface area contributed by atoms with Gasteiger partial charge in [-0.25, -0.2) is 4.39 Å². The molecular formula is C13H16ClFN2O. The van der Waals surface area contributed by atoms with Crippen molar-refractivity contribution in [2.24, 2.45) is 0 Å². The Bertz CT molecular complexity index is 449. The van der Waals surface area contributed by atoms with Gasteiger partial charge in [0.25, 0.3) is 5.91 Å². The van der Waals surface area contributed by atoms with E-state index < -0.39 is 5.82 Å². The Morgan fingerprint density at radius 2 is 2.28 bits per heavy atom. The van der Waals surface area contributed by atoms with Crippen LogP contribution in [0.2, 0.25) is 5.02 Å². The maximum atomic E-state index is 13.8. The van der Waals surface area contributed by atoms with E-state index in [1.54, 1.807) is 11.0 Å². The Kier molecular flexibility index (Phi) is 4.19. The molecule has 0 aromatic heterocycles. The minimum atomic E-state index is -0.627. The Balaban J connectivity index is 2.24. The summed E-state index contributed by atoms with van der Waals surface area (Å²) in [5.41, 5.74) is 0.0582. The third kappa shape index (κ3) is 2.49. The molecule has 0 aliphatic carbocycles. The van der Waals surface area contributed by atoms with Crippen LogP contribution in [0.15, 0.2) is 18.2 Å². The molecule has 1 aliphatic heterocycles. The van der Waals surface area contributed by atoms with Crippen LogP contribution < -0.4 is 5.32 Å². The summed E-state index contributed by atoms with van der Waals surface area (Å²) in [6.07, 6.45) is 0.852. The zero-order valence-corrected chi connectivity index (χ0v) is 11.0. The maximum Gasteiger partial charge on any atom is 0.257 e. The average Bonchev–Trinajstić information content (AvgIpc) is 2.29. The van der Waals surface area contributed by atoms with Gasteiger partial charge in [0, 0.05) is 19.6 Å². The topological polar surface area (TPSA) is 32.3 Å². The van der Waals surface area contributed by atoms with Gasteiger partial charge in [-0.15, -0.1) is 0 Å². The first-order valence-electron chi connectivity index (χ1n) is 6.10. The molecule has 1 amide bonds. The van der Waals surface area contributed by atoms with E-state index in [2.05, 4.69) is 5.32 Å². The van der Waals surface area contributed by atoms with Gasteiger partial charge < -0.3 is 10.2 Å². The number of nitrogens with zero attached hydrogens (tertiary/aromatic N) is 1. The third-order valence-corrected chi connectivity index (χ3v) is 3.40. The highest BCUT2D eigenvalue weighted by Crippen LogP contribution is 2.21. The molecule has 1 aromatic carbocycles. The predicted molar refractivity (Wildman–Crippen MR) is 69.4 cm³/mol. The lowest BCUT2D eigenvalue weighted by Gasteiger charge is -2.38. The van der Waals surface area contributed by atoms with E-state index in [9.17, 15) is 9.18 Å². The molecule has 0 spiro atoms. The van der Waals surface area contributed by atoms with Crippen LogP contribution in [0.4, 0.5) is 4.39 Å². The van der Waals surface area contributed by atoms with E-state index in [4.69, 9.17) is 11.6 Å². The summed E-state index contributed by atoms with van der Waals surface area (Å²) >= 11 is 5.71. The van der Waals surface area contributed by atoms with Crippen LogP contribution >= 0.6 is 11.6 Å². The van der Waals surface area contributed by atoms with Gasteiger partial charge in [-0.3, -0.25) is 4.79 Å².